The van der Waals surface area contributed by atoms with Crippen LogP contribution in [0.4, 0.5) is 0 Å². The van der Waals surface area contributed by atoms with E-state index in [9.17, 15) is 9.59 Å². The number of benzene rings is 4. The number of para-hydroxylation sites is 1. The number of hydrogen-bond donors (Lipinski definition) is 1. The van der Waals surface area contributed by atoms with Crippen molar-refractivity contribution in [2.24, 2.45) is 5.10 Å². The predicted octanol–water partition coefficient (Wildman–Crippen LogP) is 6.56. The second kappa shape index (κ2) is 12.8. The van der Waals surface area contributed by atoms with E-state index in [2.05, 4.69) is 10.5 Å². The molecule has 0 aliphatic rings. The van der Waals surface area contributed by atoms with Crippen LogP contribution in [0, 0.1) is 0 Å². The van der Waals surface area contributed by atoms with E-state index in [0.29, 0.717) is 27.6 Å². The molecule has 0 aliphatic heterocycles. The summed E-state index contributed by atoms with van der Waals surface area (Å²) in [6, 6.07) is 25.6. The van der Waals surface area contributed by atoms with Crippen molar-refractivity contribution in [1.29, 1.82) is 0 Å². The van der Waals surface area contributed by atoms with Gasteiger partial charge in [0.1, 0.15) is 12.4 Å². The Morgan fingerprint density at radius 2 is 1.55 bits per heavy atom. The van der Waals surface area contributed by atoms with Gasteiger partial charge < -0.3 is 14.2 Å². The molecule has 0 saturated heterocycles. The molecule has 7 nitrogen and oxygen atoms in total. The fraction of sp³-hybridized carbons (Fsp3) is 0.0690. The number of hydrogen-bond acceptors (Lipinski definition) is 6. The Labute approximate surface area is 229 Å². The molecule has 0 aromatic heterocycles. The molecular formula is C29H22Cl2N2O5. The maximum atomic E-state index is 12.8. The third-order valence-electron chi connectivity index (χ3n) is 5.30. The van der Waals surface area contributed by atoms with E-state index in [-0.39, 0.29) is 22.9 Å². The maximum absolute atomic E-state index is 12.8. The molecule has 0 atom stereocenters. The Bertz CT molecular complexity index is 1470. The lowest BCUT2D eigenvalue weighted by atomic mass is 10.2. The zero-order valence-electron chi connectivity index (χ0n) is 20.2. The summed E-state index contributed by atoms with van der Waals surface area (Å²) in [7, 11) is 1.45. The highest BCUT2D eigenvalue weighted by Crippen LogP contribution is 2.29. The van der Waals surface area contributed by atoms with Crippen LogP contribution in [0.3, 0.4) is 0 Å². The van der Waals surface area contributed by atoms with E-state index >= 15 is 0 Å². The molecule has 192 valence electrons. The van der Waals surface area contributed by atoms with Gasteiger partial charge in [-0.05, 0) is 65.7 Å². The molecule has 4 aromatic carbocycles. The fourth-order valence-electron chi connectivity index (χ4n) is 3.38. The van der Waals surface area contributed by atoms with Gasteiger partial charge in [0.15, 0.2) is 11.5 Å². The molecule has 0 saturated carbocycles. The number of hydrazone groups is 1. The lowest BCUT2D eigenvalue weighted by molar-refractivity contribution is 0.0729. The Balaban J connectivity index is 1.40. The first-order chi connectivity index (χ1) is 18.4. The fourth-order valence-corrected chi connectivity index (χ4v) is 3.72. The highest BCUT2D eigenvalue weighted by molar-refractivity contribution is 6.33. The average Bonchev–Trinajstić information content (AvgIpc) is 2.93. The molecule has 0 aliphatic carbocycles. The third kappa shape index (κ3) is 6.91. The highest BCUT2D eigenvalue weighted by Gasteiger charge is 2.16. The number of methoxy groups -OCH3 is 1. The number of nitrogens with one attached hydrogen (secondary N) is 1. The minimum Gasteiger partial charge on any atom is -0.493 e. The van der Waals surface area contributed by atoms with Crippen LogP contribution in [0.15, 0.2) is 96.1 Å². The van der Waals surface area contributed by atoms with Crippen molar-refractivity contribution in [3.8, 4) is 17.2 Å². The summed E-state index contributed by atoms with van der Waals surface area (Å²) in [5, 5.41) is 4.96. The monoisotopic (exact) mass is 548 g/mol. The van der Waals surface area contributed by atoms with Gasteiger partial charge in [0.05, 0.1) is 29.5 Å². The number of carbonyl (C=O) groups excluding carboxylic acids is 2. The normalized spacial score (nSPS) is 10.7. The Morgan fingerprint density at radius 1 is 0.842 bits per heavy atom. The van der Waals surface area contributed by atoms with Crippen LogP contribution in [0.2, 0.25) is 10.0 Å². The lowest BCUT2D eigenvalue weighted by Gasteiger charge is -2.11. The molecule has 4 aromatic rings. The van der Waals surface area contributed by atoms with E-state index in [0.717, 1.165) is 5.56 Å². The summed E-state index contributed by atoms with van der Waals surface area (Å²) in [4.78, 5) is 25.2. The number of amides is 1. The molecule has 9 heteroatoms. The maximum Gasteiger partial charge on any atom is 0.345 e. The third-order valence-corrected chi connectivity index (χ3v) is 5.88. The molecule has 4 rings (SSSR count). The van der Waals surface area contributed by atoms with Crippen molar-refractivity contribution < 1.29 is 23.8 Å². The van der Waals surface area contributed by atoms with Gasteiger partial charge in [-0.25, -0.2) is 10.2 Å². The number of rotatable bonds is 9. The number of carbonyl (C=O) groups is 2. The van der Waals surface area contributed by atoms with E-state index in [1.165, 1.54) is 13.3 Å². The number of ether oxygens (including phenoxy) is 3. The molecule has 0 unspecified atom stereocenters. The van der Waals surface area contributed by atoms with Crippen molar-refractivity contribution in [2.75, 3.05) is 7.11 Å². The Kier molecular flexibility index (Phi) is 8.98. The smallest absolute Gasteiger partial charge is 0.345 e. The molecule has 0 bridgehead atoms. The summed E-state index contributed by atoms with van der Waals surface area (Å²) in [5.41, 5.74) is 4.59. The molecule has 1 N–H and O–H groups in total. The van der Waals surface area contributed by atoms with Gasteiger partial charge in [0.25, 0.3) is 5.91 Å². The lowest BCUT2D eigenvalue weighted by Crippen LogP contribution is -2.18. The van der Waals surface area contributed by atoms with Crippen LogP contribution in [-0.4, -0.2) is 25.2 Å². The van der Waals surface area contributed by atoms with Crippen molar-refractivity contribution in [2.45, 2.75) is 6.61 Å². The Morgan fingerprint density at radius 3 is 2.29 bits per heavy atom. The van der Waals surface area contributed by atoms with Crippen molar-refractivity contribution in [3.63, 3.8) is 0 Å². The summed E-state index contributed by atoms with van der Waals surface area (Å²) in [6.45, 7) is 0.276. The van der Waals surface area contributed by atoms with Gasteiger partial charge in [-0.3, -0.25) is 4.79 Å². The van der Waals surface area contributed by atoms with Gasteiger partial charge in [-0.2, -0.15) is 5.10 Å². The average molecular weight is 549 g/mol. The topological polar surface area (TPSA) is 86.2 Å². The molecule has 0 heterocycles. The standard InChI is InChI=1S/C29H22Cl2N2O5/c1-36-27-16-20(12-15-26(27)38-29(35)22-6-2-4-8-24(22)31)17-32-33-28(34)23-7-3-5-9-25(23)37-18-19-10-13-21(30)14-11-19/h2-17H,18H2,1H3,(H,33,34)/b32-17+. The zero-order chi connectivity index (χ0) is 26.9. The minimum absolute atomic E-state index is 0.213. The minimum atomic E-state index is -0.612. The van der Waals surface area contributed by atoms with Gasteiger partial charge in [0.2, 0.25) is 0 Å². The van der Waals surface area contributed by atoms with Crippen LogP contribution >= 0.6 is 23.2 Å². The number of halogens is 2. The summed E-state index contributed by atoms with van der Waals surface area (Å²) in [6.07, 6.45) is 1.44. The molecule has 0 radical (unpaired) electrons. The molecule has 0 fully saturated rings. The van der Waals surface area contributed by atoms with E-state index in [4.69, 9.17) is 37.4 Å². The summed E-state index contributed by atoms with van der Waals surface area (Å²) < 4.78 is 16.6. The largest absolute Gasteiger partial charge is 0.493 e. The second-order valence-electron chi connectivity index (χ2n) is 7.89. The van der Waals surface area contributed by atoms with Crippen molar-refractivity contribution in [3.05, 3.63) is 123 Å². The van der Waals surface area contributed by atoms with Crippen LogP contribution in [0.5, 0.6) is 17.2 Å². The molecule has 0 spiro atoms. The van der Waals surface area contributed by atoms with Crippen molar-refractivity contribution in [1.82, 2.24) is 5.43 Å². The van der Waals surface area contributed by atoms with Crippen molar-refractivity contribution >= 4 is 41.3 Å². The predicted molar refractivity (Wildman–Crippen MR) is 147 cm³/mol. The van der Waals surface area contributed by atoms with E-state index in [1.54, 1.807) is 78.9 Å². The van der Waals surface area contributed by atoms with Gasteiger partial charge in [-0.1, -0.05) is 59.6 Å². The first-order valence-electron chi connectivity index (χ1n) is 11.4. The highest BCUT2D eigenvalue weighted by atomic mass is 35.5. The van der Waals surface area contributed by atoms with E-state index in [1.807, 2.05) is 12.1 Å². The van der Waals surface area contributed by atoms with Crippen LogP contribution in [0.25, 0.3) is 0 Å². The SMILES string of the molecule is COc1cc(/C=N/NC(=O)c2ccccc2OCc2ccc(Cl)cc2)ccc1OC(=O)c1ccccc1Cl. The van der Waals surface area contributed by atoms with Gasteiger partial charge in [0, 0.05) is 5.02 Å². The number of nitrogens with zero attached hydrogens (tertiary/aromatic N) is 1. The van der Waals surface area contributed by atoms with Gasteiger partial charge >= 0.3 is 5.97 Å². The molecule has 38 heavy (non-hydrogen) atoms. The molecule has 1 amide bonds. The first-order valence-corrected chi connectivity index (χ1v) is 12.1. The zero-order valence-corrected chi connectivity index (χ0v) is 21.7. The van der Waals surface area contributed by atoms with Gasteiger partial charge in [-0.15, -0.1) is 0 Å². The summed E-state index contributed by atoms with van der Waals surface area (Å²) in [5.74, 6) is -0.113. The quantitative estimate of drug-likeness (QED) is 0.111. The first kappa shape index (κ1) is 26.7. The number of esters is 1. The van der Waals surface area contributed by atoms with E-state index < -0.39 is 11.9 Å². The van der Waals surface area contributed by atoms with Crippen LogP contribution in [0.1, 0.15) is 31.8 Å². The summed E-state index contributed by atoms with van der Waals surface area (Å²) >= 11 is 12.0. The van der Waals surface area contributed by atoms with Crippen LogP contribution < -0.4 is 19.6 Å². The Hall–Kier alpha value is -4.33. The molecular weight excluding hydrogens is 527 g/mol. The van der Waals surface area contributed by atoms with Crippen LogP contribution in [-0.2, 0) is 6.61 Å². The second-order valence-corrected chi connectivity index (χ2v) is 8.73.